The molecule has 3 fully saturated rings. The molecule has 0 aromatic heterocycles. The molecule has 2 heterocycles. The number of rotatable bonds is 5. The topological polar surface area (TPSA) is 47.0 Å². The number of piperazine rings is 1. The molecule has 5 heteroatoms. The van der Waals surface area contributed by atoms with Crippen LogP contribution >= 0.6 is 0 Å². The molecule has 0 aromatic rings. The van der Waals surface area contributed by atoms with Crippen LogP contribution in [0.15, 0.2) is 0 Å². The van der Waals surface area contributed by atoms with Crippen LogP contribution in [0.3, 0.4) is 0 Å². The van der Waals surface area contributed by atoms with Crippen molar-refractivity contribution < 1.29 is 9.90 Å². The van der Waals surface area contributed by atoms with Gasteiger partial charge in [-0.1, -0.05) is 27.2 Å². The number of piperidine rings is 1. The van der Waals surface area contributed by atoms with Crippen LogP contribution in [-0.4, -0.2) is 83.7 Å². The molecule has 3 aliphatic rings. The number of aliphatic hydroxyl groups is 1. The Morgan fingerprint density at radius 2 is 1.68 bits per heavy atom. The van der Waals surface area contributed by atoms with Crippen molar-refractivity contribution >= 4 is 5.91 Å². The van der Waals surface area contributed by atoms with Gasteiger partial charge in [0, 0.05) is 52.4 Å². The molecule has 0 bridgehead atoms. The van der Waals surface area contributed by atoms with E-state index < -0.39 is 5.60 Å². The Labute approximate surface area is 153 Å². The molecule has 3 rings (SSSR count). The van der Waals surface area contributed by atoms with E-state index in [4.69, 9.17) is 0 Å². The predicted molar refractivity (Wildman–Crippen MR) is 100 cm³/mol. The second-order valence-electron chi connectivity index (χ2n) is 9.80. The summed E-state index contributed by atoms with van der Waals surface area (Å²) in [7, 11) is 0. The van der Waals surface area contributed by atoms with Crippen LogP contribution in [0, 0.1) is 11.3 Å². The fourth-order valence-corrected chi connectivity index (χ4v) is 4.48. The Hall–Kier alpha value is -0.650. The van der Waals surface area contributed by atoms with Gasteiger partial charge in [0.2, 0.25) is 0 Å². The minimum atomic E-state index is -1.18. The lowest BCUT2D eigenvalue weighted by molar-refractivity contribution is -0.161. The summed E-state index contributed by atoms with van der Waals surface area (Å²) in [5.74, 6) is 0.868. The highest BCUT2D eigenvalue weighted by atomic mass is 16.3. The molecule has 1 amide bonds. The second kappa shape index (κ2) is 7.53. The van der Waals surface area contributed by atoms with E-state index >= 15 is 0 Å². The van der Waals surface area contributed by atoms with Gasteiger partial charge in [-0.3, -0.25) is 9.69 Å². The molecule has 2 aliphatic heterocycles. The Morgan fingerprint density at radius 3 is 2.24 bits per heavy atom. The van der Waals surface area contributed by atoms with Crippen LogP contribution in [0.2, 0.25) is 0 Å². The zero-order valence-electron chi connectivity index (χ0n) is 16.5. The van der Waals surface area contributed by atoms with Crippen molar-refractivity contribution in [1.82, 2.24) is 14.7 Å². The molecule has 1 N–H and O–H groups in total. The minimum absolute atomic E-state index is 0.0504. The Bertz CT molecular complexity index is 464. The third-order valence-electron chi connectivity index (χ3n) is 6.06. The highest BCUT2D eigenvalue weighted by Gasteiger charge is 2.44. The third kappa shape index (κ3) is 4.95. The molecule has 25 heavy (non-hydrogen) atoms. The van der Waals surface area contributed by atoms with Crippen molar-refractivity contribution in [3.63, 3.8) is 0 Å². The number of hydrogen-bond acceptors (Lipinski definition) is 4. The van der Waals surface area contributed by atoms with Crippen molar-refractivity contribution in [3.8, 4) is 0 Å². The average Bonchev–Trinajstić information content (AvgIpc) is 2.48. The number of nitrogens with zero attached hydrogens (tertiary/aromatic N) is 3. The fourth-order valence-electron chi connectivity index (χ4n) is 4.48. The highest BCUT2D eigenvalue weighted by molar-refractivity contribution is 5.86. The molecule has 1 saturated carbocycles. The van der Waals surface area contributed by atoms with Crippen LogP contribution in [0.5, 0.6) is 0 Å². The maximum absolute atomic E-state index is 12.9. The number of likely N-dealkylation sites (tertiary alicyclic amines) is 1. The molecule has 144 valence electrons. The second-order valence-corrected chi connectivity index (χ2v) is 9.80. The molecule has 1 atom stereocenters. The van der Waals surface area contributed by atoms with Gasteiger partial charge in [0.1, 0.15) is 0 Å². The number of hydrogen-bond donors (Lipinski definition) is 1. The summed E-state index contributed by atoms with van der Waals surface area (Å²) >= 11 is 0. The van der Waals surface area contributed by atoms with Crippen LogP contribution in [0.4, 0.5) is 0 Å². The molecule has 1 aliphatic carbocycles. The molecular weight excluding hydrogens is 314 g/mol. The lowest BCUT2D eigenvalue weighted by atomic mass is 9.85. The van der Waals surface area contributed by atoms with Crippen molar-refractivity contribution in [2.45, 2.75) is 58.5 Å². The molecule has 0 radical (unpaired) electrons. The Kier molecular flexibility index (Phi) is 5.76. The first-order valence-electron chi connectivity index (χ1n) is 10.2. The van der Waals surface area contributed by atoms with Gasteiger partial charge >= 0.3 is 0 Å². The van der Waals surface area contributed by atoms with Crippen LogP contribution < -0.4 is 0 Å². The lowest BCUT2D eigenvalue weighted by Crippen LogP contribution is -2.61. The summed E-state index contributed by atoms with van der Waals surface area (Å²) in [6.07, 6.45) is 5.72. The summed E-state index contributed by atoms with van der Waals surface area (Å²) in [6.45, 7) is 13.8. The highest BCUT2D eigenvalue weighted by Crippen LogP contribution is 2.29. The van der Waals surface area contributed by atoms with Gasteiger partial charge in [-0.15, -0.1) is 0 Å². The number of carbonyl (C=O) groups excluding carboxylic acids is 1. The van der Waals surface area contributed by atoms with Crippen molar-refractivity contribution in [3.05, 3.63) is 0 Å². The monoisotopic (exact) mass is 351 g/mol. The zero-order valence-corrected chi connectivity index (χ0v) is 16.5. The first kappa shape index (κ1) is 19.1. The number of carbonyl (C=O) groups is 1. The fraction of sp³-hybridized carbons (Fsp3) is 0.950. The number of amides is 1. The molecule has 0 aromatic carbocycles. The van der Waals surface area contributed by atoms with Gasteiger partial charge in [-0.05, 0) is 37.0 Å². The van der Waals surface area contributed by atoms with Gasteiger partial charge in [0.25, 0.3) is 5.91 Å². The predicted octanol–water partition coefficient (Wildman–Crippen LogP) is 1.80. The lowest BCUT2D eigenvalue weighted by Gasteiger charge is -2.44. The van der Waals surface area contributed by atoms with E-state index in [1.54, 1.807) is 0 Å². The van der Waals surface area contributed by atoms with Crippen molar-refractivity contribution in [2.24, 2.45) is 11.3 Å². The molecule has 0 spiro atoms. The van der Waals surface area contributed by atoms with Crippen LogP contribution in [-0.2, 0) is 4.79 Å². The first-order valence-corrected chi connectivity index (χ1v) is 10.2. The molecule has 5 nitrogen and oxygen atoms in total. The van der Waals surface area contributed by atoms with E-state index in [1.165, 1.54) is 25.8 Å². The standard InChI is InChI=1S/C20H37N3O2/c1-19(2,3)15-23-9-5-8-20(25,18(23)24)16-22-12-10-21(11-13-22)14-17-6-4-7-17/h17,25H,4-16H2,1-3H3/t20-/m0/s1. The summed E-state index contributed by atoms with van der Waals surface area (Å²) in [5, 5.41) is 11.1. The smallest absolute Gasteiger partial charge is 0.255 e. The third-order valence-corrected chi connectivity index (χ3v) is 6.06. The molecular formula is C20H37N3O2. The number of β-amino-alcohol motifs (C(OH)–C–C–N with tert-alkyl or cyclic N) is 1. The van der Waals surface area contributed by atoms with E-state index in [0.29, 0.717) is 13.0 Å². The maximum atomic E-state index is 12.9. The van der Waals surface area contributed by atoms with Crippen molar-refractivity contribution in [2.75, 3.05) is 52.4 Å². The van der Waals surface area contributed by atoms with Gasteiger partial charge < -0.3 is 14.9 Å². The van der Waals surface area contributed by atoms with Gasteiger partial charge in [0.15, 0.2) is 5.60 Å². The van der Waals surface area contributed by atoms with Crippen LogP contribution in [0.25, 0.3) is 0 Å². The van der Waals surface area contributed by atoms with Gasteiger partial charge in [0.05, 0.1) is 0 Å². The van der Waals surface area contributed by atoms with Crippen LogP contribution in [0.1, 0.15) is 52.9 Å². The van der Waals surface area contributed by atoms with Gasteiger partial charge in [-0.25, -0.2) is 0 Å². The Balaban J connectivity index is 1.50. The van der Waals surface area contributed by atoms with E-state index in [9.17, 15) is 9.90 Å². The normalized spacial score (nSPS) is 30.6. The minimum Gasteiger partial charge on any atom is -0.379 e. The summed E-state index contributed by atoms with van der Waals surface area (Å²) in [4.78, 5) is 19.6. The summed E-state index contributed by atoms with van der Waals surface area (Å²) in [5.41, 5.74) is -1.11. The SMILES string of the molecule is CC(C)(C)CN1CCC[C@](O)(CN2CCN(CC3CCC3)CC2)C1=O. The van der Waals surface area contributed by atoms with Crippen molar-refractivity contribution in [1.29, 1.82) is 0 Å². The summed E-state index contributed by atoms with van der Waals surface area (Å²) < 4.78 is 0. The van der Waals surface area contributed by atoms with Gasteiger partial charge in [-0.2, -0.15) is 0 Å². The average molecular weight is 352 g/mol. The van der Waals surface area contributed by atoms with E-state index in [1.807, 2.05) is 4.90 Å². The molecule has 2 saturated heterocycles. The quantitative estimate of drug-likeness (QED) is 0.821. The molecule has 0 unspecified atom stereocenters. The van der Waals surface area contributed by atoms with E-state index in [2.05, 4.69) is 30.6 Å². The maximum Gasteiger partial charge on any atom is 0.255 e. The van der Waals surface area contributed by atoms with E-state index in [0.717, 1.165) is 51.6 Å². The van der Waals surface area contributed by atoms with E-state index in [-0.39, 0.29) is 11.3 Å². The summed E-state index contributed by atoms with van der Waals surface area (Å²) in [6, 6.07) is 0. The Morgan fingerprint density at radius 1 is 1.04 bits per heavy atom. The largest absolute Gasteiger partial charge is 0.379 e. The first-order chi connectivity index (χ1) is 11.8. The zero-order chi connectivity index (χ0) is 18.1.